The van der Waals surface area contributed by atoms with E-state index >= 15 is 0 Å². The summed E-state index contributed by atoms with van der Waals surface area (Å²) in [5.41, 5.74) is -0.405. The van der Waals surface area contributed by atoms with Crippen LogP contribution in [0, 0.1) is 5.82 Å². The predicted octanol–water partition coefficient (Wildman–Crippen LogP) is 3.94. The Bertz CT molecular complexity index is 965. The van der Waals surface area contributed by atoms with Gasteiger partial charge in [0.15, 0.2) is 0 Å². The number of nitrogens with zero attached hydrogens (tertiary/aromatic N) is 2. The first kappa shape index (κ1) is 18.9. The van der Waals surface area contributed by atoms with Gasteiger partial charge in [0.25, 0.3) is 0 Å². The predicted molar refractivity (Wildman–Crippen MR) is 92.4 cm³/mol. The molecule has 0 bridgehead atoms. The molecule has 0 saturated heterocycles. The van der Waals surface area contributed by atoms with Crippen molar-refractivity contribution in [1.29, 1.82) is 0 Å². The Morgan fingerprint density at radius 1 is 1.22 bits per heavy atom. The monoisotopic (exact) mass is 379 g/mol. The lowest BCUT2D eigenvalue weighted by Crippen LogP contribution is -2.37. The fourth-order valence-electron chi connectivity index (χ4n) is 2.97. The molecule has 2 heterocycles. The van der Waals surface area contributed by atoms with Crippen LogP contribution in [0.4, 0.5) is 17.6 Å². The SMILES string of the molecule is C[C@H](Cn1c(C(F)(F)F)cc2cccnc21)NC(=O)Cc1ccccc1F. The summed E-state index contributed by atoms with van der Waals surface area (Å²) in [6, 6.07) is 9.41. The first-order chi connectivity index (χ1) is 12.8. The second-order valence-electron chi connectivity index (χ2n) is 6.29. The number of fused-ring (bicyclic) bond motifs is 1. The number of carbonyl (C=O) groups is 1. The molecule has 0 fully saturated rings. The van der Waals surface area contributed by atoms with Crippen molar-refractivity contribution in [3.63, 3.8) is 0 Å². The summed E-state index contributed by atoms with van der Waals surface area (Å²) in [4.78, 5) is 16.2. The summed E-state index contributed by atoms with van der Waals surface area (Å²) in [7, 11) is 0. The van der Waals surface area contributed by atoms with Crippen LogP contribution in [0.2, 0.25) is 0 Å². The average Bonchev–Trinajstić information content (AvgIpc) is 2.96. The van der Waals surface area contributed by atoms with E-state index in [4.69, 9.17) is 0 Å². The van der Waals surface area contributed by atoms with Crippen LogP contribution in [-0.4, -0.2) is 21.5 Å². The molecule has 3 rings (SSSR count). The molecule has 0 aliphatic carbocycles. The second kappa shape index (κ2) is 7.38. The smallest absolute Gasteiger partial charge is 0.352 e. The van der Waals surface area contributed by atoms with E-state index in [1.807, 2.05) is 0 Å². The second-order valence-corrected chi connectivity index (χ2v) is 6.29. The molecule has 142 valence electrons. The number of rotatable bonds is 5. The number of alkyl halides is 3. The minimum Gasteiger partial charge on any atom is -0.352 e. The van der Waals surface area contributed by atoms with Crippen molar-refractivity contribution in [2.75, 3.05) is 0 Å². The Labute approximate surface area is 152 Å². The number of hydrogen-bond acceptors (Lipinski definition) is 2. The lowest BCUT2D eigenvalue weighted by Gasteiger charge is -2.18. The van der Waals surface area contributed by atoms with Crippen LogP contribution in [0.5, 0.6) is 0 Å². The fourth-order valence-corrected chi connectivity index (χ4v) is 2.97. The topological polar surface area (TPSA) is 46.9 Å². The van der Waals surface area contributed by atoms with Crippen molar-refractivity contribution < 1.29 is 22.4 Å². The van der Waals surface area contributed by atoms with E-state index in [2.05, 4.69) is 10.3 Å². The lowest BCUT2D eigenvalue weighted by molar-refractivity contribution is -0.143. The van der Waals surface area contributed by atoms with E-state index in [1.54, 1.807) is 25.1 Å². The van der Waals surface area contributed by atoms with Gasteiger partial charge in [-0.15, -0.1) is 0 Å². The minimum absolute atomic E-state index is 0.113. The molecule has 8 heteroatoms. The fraction of sp³-hybridized carbons (Fsp3) is 0.263. The highest BCUT2D eigenvalue weighted by atomic mass is 19.4. The number of amides is 1. The molecule has 0 aliphatic rings. The van der Waals surface area contributed by atoms with Crippen molar-refractivity contribution in [1.82, 2.24) is 14.9 Å². The van der Waals surface area contributed by atoms with E-state index in [1.165, 1.54) is 24.4 Å². The molecule has 1 atom stereocenters. The largest absolute Gasteiger partial charge is 0.431 e. The van der Waals surface area contributed by atoms with E-state index in [9.17, 15) is 22.4 Å². The molecule has 0 aliphatic heterocycles. The van der Waals surface area contributed by atoms with Crippen molar-refractivity contribution in [3.05, 3.63) is 65.7 Å². The van der Waals surface area contributed by atoms with E-state index in [0.29, 0.717) is 5.39 Å². The van der Waals surface area contributed by atoms with Crippen molar-refractivity contribution in [3.8, 4) is 0 Å². The van der Waals surface area contributed by atoms with Crippen molar-refractivity contribution in [2.45, 2.75) is 32.1 Å². The quantitative estimate of drug-likeness (QED) is 0.683. The number of aromatic nitrogens is 2. The van der Waals surface area contributed by atoms with Crippen molar-refractivity contribution >= 4 is 16.9 Å². The number of pyridine rings is 1. The Kier molecular flexibility index (Phi) is 5.16. The Hall–Kier alpha value is -2.90. The molecule has 1 aromatic carbocycles. The zero-order valence-electron chi connectivity index (χ0n) is 14.4. The van der Waals surface area contributed by atoms with Crippen LogP contribution < -0.4 is 5.32 Å². The molecule has 0 unspecified atom stereocenters. The lowest BCUT2D eigenvalue weighted by atomic mass is 10.1. The van der Waals surface area contributed by atoms with Gasteiger partial charge in [-0.3, -0.25) is 4.79 Å². The molecule has 0 spiro atoms. The maximum atomic E-state index is 13.6. The molecule has 1 N–H and O–H groups in total. The van der Waals surface area contributed by atoms with Gasteiger partial charge in [0.2, 0.25) is 5.91 Å². The zero-order chi connectivity index (χ0) is 19.6. The molecule has 27 heavy (non-hydrogen) atoms. The molecule has 1 amide bonds. The maximum absolute atomic E-state index is 13.6. The Balaban J connectivity index is 1.77. The van der Waals surface area contributed by atoms with Gasteiger partial charge in [-0.2, -0.15) is 13.2 Å². The Morgan fingerprint density at radius 2 is 1.96 bits per heavy atom. The van der Waals surface area contributed by atoms with Crippen LogP contribution in [0.25, 0.3) is 11.0 Å². The summed E-state index contributed by atoms with van der Waals surface area (Å²) >= 11 is 0. The van der Waals surface area contributed by atoms with Gasteiger partial charge in [-0.25, -0.2) is 9.37 Å². The zero-order valence-corrected chi connectivity index (χ0v) is 14.4. The van der Waals surface area contributed by atoms with Crippen LogP contribution in [0.3, 0.4) is 0 Å². The van der Waals surface area contributed by atoms with E-state index in [0.717, 1.165) is 10.6 Å². The van der Waals surface area contributed by atoms with E-state index in [-0.39, 0.29) is 24.2 Å². The van der Waals surface area contributed by atoms with Crippen LogP contribution in [0.1, 0.15) is 18.2 Å². The minimum atomic E-state index is -4.54. The molecule has 0 saturated carbocycles. The summed E-state index contributed by atoms with van der Waals surface area (Å²) in [6.07, 6.45) is -3.31. The number of nitrogens with one attached hydrogen (secondary N) is 1. The normalized spacial score (nSPS) is 12.9. The van der Waals surface area contributed by atoms with Gasteiger partial charge in [0.1, 0.15) is 17.2 Å². The summed E-state index contributed by atoms with van der Waals surface area (Å²) in [5.74, 6) is -0.967. The summed E-state index contributed by atoms with van der Waals surface area (Å²) < 4.78 is 54.7. The highest BCUT2D eigenvalue weighted by Gasteiger charge is 2.36. The van der Waals surface area contributed by atoms with Crippen molar-refractivity contribution in [2.24, 2.45) is 0 Å². The third-order valence-electron chi connectivity index (χ3n) is 4.12. The average molecular weight is 379 g/mol. The van der Waals surface area contributed by atoms with Crippen LogP contribution in [0.15, 0.2) is 48.7 Å². The van der Waals surface area contributed by atoms with E-state index < -0.39 is 29.6 Å². The van der Waals surface area contributed by atoms with Gasteiger partial charge in [-0.1, -0.05) is 18.2 Å². The van der Waals surface area contributed by atoms with Gasteiger partial charge in [-0.05, 0) is 36.8 Å². The number of halogens is 4. The first-order valence-electron chi connectivity index (χ1n) is 8.30. The third kappa shape index (κ3) is 4.27. The first-order valence-corrected chi connectivity index (χ1v) is 8.30. The van der Waals surface area contributed by atoms with Crippen LogP contribution in [-0.2, 0) is 23.9 Å². The molecule has 3 aromatic rings. The number of benzene rings is 1. The highest BCUT2D eigenvalue weighted by molar-refractivity contribution is 5.79. The molecule has 2 aromatic heterocycles. The third-order valence-corrected chi connectivity index (χ3v) is 4.12. The Morgan fingerprint density at radius 3 is 2.67 bits per heavy atom. The molecular formula is C19H17F4N3O. The van der Waals surface area contributed by atoms with Crippen LogP contribution >= 0.6 is 0 Å². The number of carbonyl (C=O) groups excluding carboxylic acids is 1. The number of hydrogen-bond donors (Lipinski definition) is 1. The standard InChI is InChI=1S/C19H17F4N3O/c1-12(25-17(27)10-13-5-2-3-7-15(13)20)11-26-16(19(21,22)23)9-14-6-4-8-24-18(14)26/h2-9,12H,10-11H2,1H3,(H,25,27)/t12-/m1/s1. The highest BCUT2D eigenvalue weighted by Crippen LogP contribution is 2.33. The summed E-state index contributed by atoms with van der Waals surface area (Å²) in [6.45, 7) is 1.48. The van der Waals surface area contributed by atoms with Gasteiger partial charge < -0.3 is 9.88 Å². The maximum Gasteiger partial charge on any atom is 0.431 e. The summed E-state index contributed by atoms with van der Waals surface area (Å²) in [5, 5.41) is 2.99. The molecular weight excluding hydrogens is 362 g/mol. The molecule has 0 radical (unpaired) electrons. The van der Waals surface area contributed by atoms with Gasteiger partial charge >= 0.3 is 6.18 Å². The van der Waals surface area contributed by atoms with Gasteiger partial charge in [0, 0.05) is 24.2 Å². The molecule has 4 nitrogen and oxygen atoms in total. The van der Waals surface area contributed by atoms with Gasteiger partial charge in [0.05, 0.1) is 6.42 Å².